The number of hydrogen-bond donors (Lipinski definition) is 1. The summed E-state index contributed by atoms with van der Waals surface area (Å²) in [5.74, 6) is 0.417. The number of allylic oxidation sites excluding steroid dienone is 1. The Morgan fingerprint density at radius 2 is 2.12 bits per heavy atom. The molecule has 1 saturated carbocycles. The Labute approximate surface area is 150 Å². The normalized spacial score (nSPS) is 21.0. The molecule has 0 bridgehead atoms. The number of ether oxygens (including phenoxy) is 1. The van der Waals surface area contributed by atoms with Crippen molar-refractivity contribution in [2.24, 2.45) is 0 Å². The second-order valence-electron chi connectivity index (χ2n) is 6.73. The smallest absolute Gasteiger partial charge is 0.338 e. The van der Waals surface area contributed by atoms with Gasteiger partial charge in [0.2, 0.25) is 5.95 Å². The first kappa shape index (κ1) is 16.3. The van der Waals surface area contributed by atoms with Gasteiger partial charge in [0.1, 0.15) is 18.5 Å². The van der Waals surface area contributed by atoms with E-state index >= 15 is 0 Å². The summed E-state index contributed by atoms with van der Waals surface area (Å²) in [5.41, 5.74) is 2.57. The number of carbonyl (C=O) groups is 1. The van der Waals surface area contributed by atoms with Gasteiger partial charge >= 0.3 is 5.97 Å². The summed E-state index contributed by atoms with van der Waals surface area (Å²) in [5, 5.41) is 9.59. The maximum Gasteiger partial charge on any atom is 0.338 e. The Morgan fingerprint density at radius 1 is 1.32 bits per heavy atom. The number of aryl methyl sites for hydroxylation is 1. The van der Waals surface area contributed by atoms with Crippen LogP contribution in [-0.4, -0.2) is 26.8 Å². The van der Waals surface area contributed by atoms with E-state index in [2.05, 4.69) is 28.4 Å². The van der Waals surface area contributed by atoms with Crippen LogP contribution in [0.25, 0.3) is 0 Å². The maximum atomic E-state index is 13.0. The van der Waals surface area contributed by atoms with Crippen molar-refractivity contribution in [2.45, 2.75) is 58.1 Å². The molecule has 0 radical (unpaired) electrons. The largest absolute Gasteiger partial charge is 0.459 e. The summed E-state index contributed by atoms with van der Waals surface area (Å²) in [6, 6.07) is 1.78. The molecule has 25 heavy (non-hydrogen) atoms. The number of esters is 1. The Hall–Kier alpha value is -2.15. The van der Waals surface area contributed by atoms with E-state index in [9.17, 15) is 4.79 Å². The fourth-order valence-corrected chi connectivity index (χ4v) is 4.68. The number of carbonyl (C=O) groups excluding carboxylic acids is 1. The summed E-state index contributed by atoms with van der Waals surface area (Å²) in [6.07, 6.45) is 6.97. The van der Waals surface area contributed by atoms with Gasteiger partial charge in [-0.25, -0.2) is 9.48 Å². The lowest BCUT2D eigenvalue weighted by Gasteiger charge is -2.29. The highest BCUT2D eigenvalue weighted by molar-refractivity contribution is 7.10. The van der Waals surface area contributed by atoms with Crippen molar-refractivity contribution in [3.63, 3.8) is 0 Å². The number of hydrogen-bond acceptors (Lipinski definition) is 6. The number of rotatable bonds is 3. The van der Waals surface area contributed by atoms with Crippen LogP contribution in [0.2, 0.25) is 0 Å². The number of nitrogens with one attached hydrogen (secondary N) is 1. The first-order chi connectivity index (χ1) is 12.1. The summed E-state index contributed by atoms with van der Waals surface area (Å²) >= 11 is 1.63. The first-order valence-corrected chi connectivity index (χ1v) is 9.65. The van der Waals surface area contributed by atoms with Crippen LogP contribution in [0.5, 0.6) is 0 Å². The highest BCUT2D eigenvalue weighted by Gasteiger charge is 2.36. The standard InChI is InChI=1S/C18H22N4O2S/c1-11-8-9-25-16(11)15-14(12(2)21-18-19-10-20-22(15)18)17(23)24-13-6-4-3-5-7-13/h8-10,13,15H,3-7H2,1-2H3,(H,19,20,21). The van der Waals surface area contributed by atoms with Crippen LogP contribution in [0.1, 0.15) is 55.5 Å². The molecule has 0 spiro atoms. The monoisotopic (exact) mass is 358 g/mol. The van der Waals surface area contributed by atoms with Gasteiger partial charge in [-0.15, -0.1) is 11.3 Å². The predicted octanol–water partition coefficient (Wildman–Crippen LogP) is 3.81. The number of aromatic nitrogens is 3. The highest BCUT2D eigenvalue weighted by Crippen LogP contribution is 2.39. The van der Waals surface area contributed by atoms with E-state index < -0.39 is 0 Å². The molecule has 0 amide bonds. The Bertz CT molecular complexity index is 817. The third-order valence-corrected chi connectivity index (χ3v) is 6.06. The van der Waals surface area contributed by atoms with E-state index in [1.165, 1.54) is 12.7 Å². The second-order valence-corrected chi connectivity index (χ2v) is 7.68. The molecule has 1 atom stereocenters. The molecule has 1 N–H and O–H groups in total. The number of thiophene rings is 1. The van der Waals surface area contributed by atoms with E-state index in [0.29, 0.717) is 11.5 Å². The molecule has 6 nitrogen and oxygen atoms in total. The van der Waals surface area contributed by atoms with E-state index in [4.69, 9.17) is 4.74 Å². The van der Waals surface area contributed by atoms with Gasteiger partial charge in [0.15, 0.2) is 0 Å². The van der Waals surface area contributed by atoms with E-state index in [0.717, 1.165) is 41.8 Å². The minimum atomic E-state index is -0.283. The summed E-state index contributed by atoms with van der Waals surface area (Å²) in [6.45, 7) is 3.97. The summed E-state index contributed by atoms with van der Waals surface area (Å²) in [4.78, 5) is 18.4. The van der Waals surface area contributed by atoms with Crippen molar-refractivity contribution in [1.29, 1.82) is 0 Å². The van der Waals surface area contributed by atoms with Crippen LogP contribution in [0, 0.1) is 6.92 Å². The van der Waals surface area contributed by atoms with Crippen molar-refractivity contribution in [2.75, 3.05) is 5.32 Å². The third kappa shape index (κ3) is 2.97. The lowest BCUT2D eigenvalue weighted by atomic mass is 9.97. The Morgan fingerprint density at radius 3 is 2.84 bits per heavy atom. The van der Waals surface area contributed by atoms with Gasteiger partial charge in [-0.2, -0.15) is 10.1 Å². The fraction of sp³-hybridized carbons (Fsp3) is 0.500. The molecule has 1 aliphatic carbocycles. The number of nitrogens with zero attached hydrogens (tertiary/aromatic N) is 3. The summed E-state index contributed by atoms with van der Waals surface area (Å²) < 4.78 is 7.65. The number of fused-ring (bicyclic) bond motifs is 1. The molecule has 1 aliphatic heterocycles. The molecule has 0 saturated heterocycles. The van der Waals surface area contributed by atoms with Crippen molar-refractivity contribution in [3.8, 4) is 0 Å². The molecule has 2 aliphatic rings. The zero-order valence-corrected chi connectivity index (χ0v) is 15.3. The van der Waals surface area contributed by atoms with Gasteiger partial charge in [0, 0.05) is 10.6 Å². The van der Waals surface area contributed by atoms with Crippen molar-refractivity contribution in [1.82, 2.24) is 14.8 Å². The molecule has 7 heteroatoms. The molecular weight excluding hydrogens is 336 g/mol. The predicted molar refractivity (Wildman–Crippen MR) is 96.5 cm³/mol. The van der Waals surface area contributed by atoms with Gasteiger partial charge in [0.25, 0.3) is 0 Å². The molecule has 4 rings (SSSR count). The van der Waals surface area contributed by atoms with E-state index in [1.54, 1.807) is 16.0 Å². The first-order valence-electron chi connectivity index (χ1n) is 8.77. The molecule has 3 heterocycles. The lowest BCUT2D eigenvalue weighted by molar-refractivity contribution is -0.146. The number of anilines is 1. The molecule has 1 unspecified atom stereocenters. The molecular formula is C18H22N4O2S. The van der Waals surface area contributed by atoms with E-state index in [1.807, 2.05) is 12.3 Å². The average Bonchev–Trinajstić information content (AvgIpc) is 3.23. The van der Waals surface area contributed by atoms with Gasteiger partial charge in [-0.3, -0.25) is 0 Å². The minimum absolute atomic E-state index is 0.0313. The fourth-order valence-electron chi connectivity index (χ4n) is 3.66. The van der Waals surface area contributed by atoms with Gasteiger partial charge < -0.3 is 10.1 Å². The second kappa shape index (κ2) is 6.63. The Balaban J connectivity index is 1.70. The quantitative estimate of drug-likeness (QED) is 0.845. The zero-order chi connectivity index (χ0) is 17.4. The summed E-state index contributed by atoms with van der Waals surface area (Å²) in [7, 11) is 0. The van der Waals surface area contributed by atoms with Gasteiger partial charge in [-0.05, 0) is 56.5 Å². The van der Waals surface area contributed by atoms with Crippen LogP contribution >= 0.6 is 11.3 Å². The van der Waals surface area contributed by atoms with Crippen LogP contribution in [0.4, 0.5) is 5.95 Å². The van der Waals surface area contributed by atoms with Gasteiger partial charge in [-0.1, -0.05) is 6.42 Å². The third-order valence-electron chi connectivity index (χ3n) is 4.99. The lowest BCUT2D eigenvalue weighted by Crippen LogP contribution is -2.31. The zero-order valence-electron chi connectivity index (χ0n) is 14.5. The van der Waals surface area contributed by atoms with Crippen molar-refractivity contribution < 1.29 is 9.53 Å². The van der Waals surface area contributed by atoms with Crippen LogP contribution in [-0.2, 0) is 9.53 Å². The van der Waals surface area contributed by atoms with E-state index in [-0.39, 0.29) is 18.1 Å². The molecule has 2 aromatic heterocycles. The van der Waals surface area contributed by atoms with Crippen LogP contribution < -0.4 is 5.32 Å². The van der Waals surface area contributed by atoms with Crippen molar-refractivity contribution >= 4 is 23.3 Å². The molecule has 1 fully saturated rings. The average molecular weight is 358 g/mol. The molecule has 2 aromatic rings. The maximum absolute atomic E-state index is 13.0. The van der Waals surface area contributed by atoms with Gasteiger partial charge in [0.05, 0.1) is 5.57 Å². The molecule has 0 aromatic carbocycles. The van der Waals surface area contributed by atoms with Crippen LogP contribution in [0.3, 0.4) is 0 Å². The topological polar surface area (TPSA) is 69.0 Å². The minimum Gasteiger partial charge on any atom is -0.459 e. The molecule has 132 valence electrons. The highest BCUT2D eigenvalue weighted by atomic mass is 32.1. The van der Waals surface area contributed by atoms with Crippen molar-refractivity contribution in [3.05, 3.63) is 39.5 Å². The Kier molecular flexibility index (Phi) is 4.33. The SMILES string of the molecule is CC1=C(C(=O)OC2CCCCC2)C(c2sccc2C)n2ncnc2N1. The van der Waals surface area contributed by atoms with Crippen LogP contribution in [0.15, 0.2) is 29.0 Å².